The average Bonchev–Trinajstić information content (AvgIpc) is 3.02. The topological polar surface area (TPSA) is 64.9 Å². The van der Waals surface area contributed by atoms with Crippen molar-refractivity contribution in [3.05, 3.63) is 17.6 Å². The molecule has 18 heavy (non-hydrogen) atoms. The Bertz CT molecular complexity index is 512. The lowest BCUT2D eigenvalue weighted by atomic mass is 10.4. The van der Waals surface area contributed by atoms with E-state index in [0.717, 1.165) is 48.5 Å². The van der Waals surface area contributed by atoms with Crippen LogP contribution in [0.1, 0.15) is 24.9 Å². The SMILES string of the molecule is CCc1nsc(NCc2cc3n(n2)CCCO3)n1. The van der Waals surface area contributed by atoms with E-state index in [1.165, 1.54) is 11.5 Å². The van der Waals surface area contributed by atoms with Crippen LogP contribution >= 0.6 is 11.5 Å². The summed E-state index contributed by atoms with van der Waals surface area (Å²) in [6.45, 7) is 4.43. The molecule has 0 atom stereocenters. The zero-order chi connectivity index (χ0) is 12.4. The van der Waals surface area contributed by atoms with Crippen molar-refractivity contribution in [3.8, 4) is 5.88 Å². The molecule has 1 aliphatic heterocycles. The van der Waals surface area contributed by atoms with E-state index in [0.29, 0.717) is 6.54 Å². The summed E-state index contributed by atoms with van der Waals surface area (Å²) in [4.78, 5) is 4.36. The van der Waals surface area contributed by atoms with Gasteiger partial charge in [0.2, 0.25) is 11.0 Å². The molecule has 7 heteroatoms. The van der Waals surface area contributed by atoms with Crippen LogP contribution in [0, 0.1) is 0 Å². The van der Waals surface area contributed by atoms with Gasteiger partial charge in [0.25, 0.3) is 0 Å². The zero-order valence-electron chi connectivity index (χ0n) is 10.2. The van der Waals surface area contributed by atoms with Crippen LogP contribution in [0.25, 0.3) is 0 Å². The number of ether oxygens (including phenoxy) is 1. The van der Waals surface area contributed by atoms with E-state index in [-0.39, 0.29) is 0 Å². The fourth-order valence-electron chi connectivity index (χ4n) is 1.84. The van der Waals surface area contributed by atoms with E-state index in [4.69, 9.17) is 4.74 Å². The zero-order valence-corrected chi connectivity index (χ0v) is 11.0. The number of nitrogens with one attached hydrogen (secondary N) is 1. The van der Waals surface area contributed by atoms with Crippen LogP contribution < -0.4 is 10.1 Å². The molecule has 0 amide bonds. The lowest BCUT2D eigenvalue weighted by Gasteiger charge is -2.13. The van der Waals surface area contributed by atoms with Gasteiger partial charge in [-0.25, -0.2) is 9.67 Å². The van der Waals surface area contributed by atoms with Gasteiger partial charge >= 0.3 is 0 Å². The Morgan fingerprint density at radius 2 is 2.50 bits per heavy atom. The molecule has 2 aromatic rings. The minimum atomic E-state index is 0.654. The van der Waals surface area contributed by atoms with Crippen molar-refractivity contribution in [2.45, 2.75) is 32.9 Å². The van der Waals surface area contributed by atoms with E-state index in [2.05, 4.69) is 19.8 Å². The summed E-state index contributed by atoms with van der Waals surface area (Å²) in [5.41, 5.74) is 0.972. The van der Waals surface area contributed by atoms with Gasteiger partial charge in [0, 0.05) is 37.0 Å². The molecule has 1 aliphatic rings. The van der Waals surface area contributed by atoms with Crippen LogP contribution in [0.5, 0.6) is 5.88 Å². The van der Waals surface area contributed by atoms with Gasteiger partial charge in [0.05, 0.1) is 18.8 Å². The molecule has 2 aromatic heterocycles. The second kappa shape index (κ2) is 4.93. The van der Waals surface area contributed by atoms with Crippen molar-refractivity contribution in [1.29, 1.82) is 0 Å². The van der Waals surface area contributed by atoms with E-state index >= 15 is 0 Å². The highest BCUT2D eigenvalue weighted by atomic mass is 32.1. The first-order chi connectivity index (χ1) is 8.85. The van der Waals surface area contributed by atoms with Gasteiger partial charge < -0.3 is 10.1 Å². The van der Waals surface area contributed by atoms with Gasteiger partial charge in [0.1, 0.15) is 5.82 Å². The maximum absolute atomic E-state index is 5.52. The maximum atomic E-state index is 5.52. The predicted molar refractivity (Wildman–Crippen MR) is 69.0 cm³/mol. The smallest absolute Gasteiger partial charge is 0.212 e. The molecule has 0 aliphatic carbocycles. The van der Waals surface area contributed by atoms with Crippen LogP contribution in [0.15, 0.2) is 6.07 Å². The van der Waals surface area contributed by atoms with Gasteiger partial charge in [-0.3, -0.25) is 0 Å². The maximum Gasteiger partial charge on any atom is 0.212 e. The molecule has 0 saturated heterocycles. The summed E-state index contributed by atoms with van der Waals surface area (Å²) < 4.78 is 11.7. The van der Waals surface area contributed by atoms with Gasteiger partial charge in [-0.15, -0.1) is 0 Å². The third kappa shape index (κ3) is 2.31. The Labute approximate surface area is 109 Å². The normalized spacial score (nSPS) is 14.1. The molecule has 0 saturated carbocycles. The van der Waals surface area contributed by atoms with Gasteiger partial charge in [-0.1, -0.05) is 6.92 Å². The van der Waals surface area contributed by atoms with Gasteiger partial charge in [-0.2, -0.15) is 9.47 Å². The van der Waals surface area contributed by atoms with Gasteiger partial charge in [0.15, 0.2) is 0 Å². The minimum absolute atomic E-state index is 0.654. The number of hydrogen-bond acceptors (Lipinski definition) is 6. The molecule has 0 bridgehead atoms. The van der Waals surface area contributed by atoms with E-state index in [1.807, 2.05) is 17.7 Å². The highest BCUT2D eigenvalue weighted by Crippen LogP contribution is 2.19. The Balaban J connectivity index is 1.64. The molecular weight excluding hydrogens is 250 g/mol. The first-order valence-electron chi connectivity index (χ1n) is 6.11. The fraction of sp³-hybridized carbons (Fsp3) is 0.545. The molecule has 96 valence electrons. The van der Waals surface area contributed by atoms with E-state index in [9.17, 15) is 0 Å². The van der Waals surface area contributed by atoms with Crippen LogP contribution in [-0.4, -0.2) is 25.7 Å². The molecule has 0 radical (unpaired) electrons. The van der Waals surface area contributed by atoms with E-state index in [1.54, 1.807) is 0 Å². The Morgan fingerprint density at radius 1 is 1.56 bits per heavy atom. The monoisotopic (exact) mass is 265 g/mol. The Morgan fingerprint density at radius 3 is 3.28 bits per heavy atom. The summed E-state index contributed by atoms with van der Waals surface area (Å²) in [7, 11) is 0. The molecule has 0 fully saturated rings. The number of anilines is 1. The molecule has 3 rings (SSSR count). The van der Waals surface area contributed by atoms with Crippen molar-refractivity contribution >= 4 is 16.7 Å². The van der Waals surface area contributed by atoms with Crippen LogP contribution in [0.3, 0.4) is 0 Å². The Kier molecular flexibility index (Phi) is 3.14. The molecular formula is C11H15N5OS. The summed E-state index contributed by atoms with van der Waals surface area (Å²) in [5, 5.41) is 8.56. The summed E-state index contributed by atoms with van der Waals surface area (Å²) in [5.74, 6) is 1.75. The lowest BCUT2D eigenvalue weighted by molar-refractivity contribution is 0.230. The standard InChI is InChI=1S/C11H15N5OS/c1-2-9-13-11(18-15-9)12-7-8-6-10-16(14-8)4-3-5-17-10/h6H,2-5,7H2,1H3,(H,12,13,15). The first kappa shape index (κ1) is 11.5. The quantitative estimate of drug-likeness (QED) is 0.911. The number of fused-ring (bicyclic) bond motifs is 1. The van der Waals surface area contributed by atoms with Gasteiger partial charge in [-0.05, 0) is 0 Å². The lowest BCUT2D eigenvalue weighted by Crippen LogP contribution is -2.14. The largest absolute Gasteiger partial charge is 0.478 e. The van der Waals surface area contributed by atoms with E-state index < -0.39 is 0 Å². The number of rotatable bonds is 4. The van der Waals surface area contributed by atoms with Crippen molar-refractivity contribution in [2.24, 2.45) is 0 Å². The second-order valence-corrected chi connectivity index (χ2v) is 4.87. The molecule has 3 heterocycles. The van der Waals surface area contributed by atoms with Crippen molar-refractivity contribution in [3.63, 3.8) is 0 Å². The Hall–Kier alpha value is -1.63. The van der Waals surface area contributed by atoms with Crippen LogP contribution in [-0.2, 0) is 19.5 Å². The predicted octanol–water partition coefficient (Wildman–Crippen LogP) is 1.69. The van der Waals surface area contributed by atoms with Crippen LogP contribution in [0.4, 0.5) is 5.13 Å². The molecule has 0 spiro atoms. The van der Waals surface area contributed by atoms with Crippen LogP contribution in [0.2, 0.25) is 0 Å². The third-order valence-electron chi connectivity index (χ3n) is 2.76. The molecule has 1 N–H and O–H groups in total. The molecule has 0 aromatic carbocycles. The molecule has 6 nitrogen and oxygen atoms in total. The summed E-state index contributed by atoms with van der Waals surface area (Å²) >= 11 is 1.39. The fourth-order valence-corrected chi connectivity index (χ4v) is 2.48. The minimum Gasteiger partial charge on any atom is -0.478 e. The first-order valence-corrected chi connectivity index (χ1v) is 6.88. The second-order valence-electron chi connectivity index (χ2n) is 4.12. The highest BCUT2D eigenvalue weighted by Gasteiger charge is 2.13. The van der Waals surface area contributed by atoms with Crippen molar-refractivity contribution in [1.82, 2.24) is 19.1 Å². The molecule has 0 unspecified atom stereocenters. The van der Waals surface area contributed by atoms with Crippen molar-refractivity contribution in [2.75, 3.05) is 11.9 Å². The average molecular weight is 265 g/mol. The highest BCUT2D eigenvalue weighted by molar-refractivity contribution is 7.09. The summed E-state index contributed by atoms with van der Waals surface area (Å²) in [6.07, 6.45) is 1.89. The number of aryl methyl sites for hydroxylation is 2. The number of aromatic nitrogens is 4. The van der Waals surface area contributed by atoms with Crippen molar-refractivity contribution < 1.29 is 4.74 Å². The number of hydrogen-bond donors (Lipinski definition) is 1. The number of nitrogens with zero attached hydrogens (tertiary/aromatic N) is 4. The summed E-state index contributed by atoms with van der Waals surface area (Å²) in [6, 6.07) is 1.98. The third-order valence-corrected chi connectivity index (χ3v) is 3.47.